The summed E-state index contributed by atoms with van der Waals surface area (Å²) in [6.07, 6.45) is 1.66. The number of aryl methyl sites for hydroxylation is 1. The van der Waals surface area contributed by atoms with Gasteiger partial charge in [0.25, 0.3) is 0 Å². The lowest BCUT2D eigenvalue weighted by atomic mass is 9.75. The molecule has 4 rings (SSSR count). The summed E-state index contributed by atoms with van der Waals surface area (Å²) in [7, 11) is -3.66. The minimum absolute atomic E-state index is 0.0170. The van der Waals surface area contributed by atoms with Crippen molar-refractivity contribution in [3.05, 3.63) is 53.0 Å². The van der Waals surface area contributed by atoms with Crippen molar-refractivity contribution < 1.29 is 17.6 Å². The first-order chi connectivity index (χ1) is 15.1. The number of carbonyl (C=O) groups excluding carboxylic acids is 1. The third-order valence-corrected chi connectivity index (χ3v) is 8.09. The van der Waals surface area contributed by atoms with Crippen LogP contribution in [-0.4, -0.2) is 49.8 Å². The van der Waals surface area contributed by atoms with Gasteiger partial charge in [-0.05, 0) is 49.1 Å². The smallest absolute Gasteiger partial charge is 0.317 e. The molecule has 32 heavy (non-hydrogen) atoms. The van der Waals surface area contributed by atoms with Gasteiger partial charge in [0.15, 0.2) is 0 Å². The Bertz CT molecular complexity index is 1150. The van der Waals surface area contributed by atoms with Gasteiger partial charge in [-0.15, -0.1) is 0 Å². The van der Waals surface area contributed by atoms with Gasteiger partial charge in [-0.3, -0.25) is 0 Å². The Labute approximate surface area is 188 Å². The van der Waals surface area contributed by atoms with Crippen LogP contribution in [0.25, 0.3) is 0 Å². The van der Waals surface area contributed by atoms with Gasteiger partial charge < -0.3 is 14.6 Å². The molecule has 8 nitrogen and oxygen atoms in total. The van der Waals surface area contributed by atoms with Gasteiger partial charge in [0, 0.05) is 38.2 Å². The van der Waals surface area contributed by atoms with Gasteiger partial charge in [-0.25, -0.2) is 13.2 Å². The molecule has 2 heterocycles. The van der Waals surface area contributed by atoms with Crippen LogP contribution in [0.3, 0.4) is 0 Å². The first-order valence-corrected chi connectivity index (χ1v) is 12.2. The van der Waals surface area contributed by atoms with Crippen LogP contribution in [0.1, 0.15) is 49.0 Å². The molecule has 170 valence electrons. The molecule has 1 saturated heterocycles. The summed E-state index contributed by atoms with van der Waals surface area (Å²) in [6.45, 7) is 7.32. The number of furan rings is 1. The molecule has 1 aliphatic heterocycles. The van der Waals surface area contributed by atoms with E-state index in [0.717, 1.165) is 29.9 Å². The normalized spacial score (nSPS) is 20.9. The quantitative estimate of drug-likeness (QED) is 0.763. The van der Waals surface area contributed by atoms with Crippen LogP contribution in [0.5, 0.6) is 0 Å². The molecule has 1 aromatic carbocycles. The van der Waals surface area contributed by atoms with Gasteiger partial charge in [-0.1, -0.05) is 13.8 Å². The predicted octanol–water partition coefficient (Wildman–Crippen LogP) is 3.19. The maximum absolute atomic E-state index is 13.0. The van der Waals surface area contributed by atoms with E-state index in [4.69, 9.17) is 9.68 Å². The van der Waals surface area contributed by atoms with E-state index in [1.807, 2.05) is 19.1 Å². The van der Waals surface area contributed by atoms with Crippen molar-refractivity contribution in [2.45, 2.75) is 44.6 Å². The summed E-state index contributed by atoms with van der Waals surface area (Å²) >= 11 is 0. The number of fused-ring (bicyclic) bond motifs is 1. The molecular weight excluding hydrogens is 428 g/mol. The zero-order chi connectivity index (χ0) is 23.1. The summed E-state index contributed by atoms with van der Waals surface area (Å²) < 4.78 is 33.0. The Kier molecular flexibility index (Phi) is 5.77. The number of sulfonamides is 1. The number of hydrogen-bond acceptors (Lipinski definition) is 5. The number of nitriles is 1. The van der Waals surface area contributed by atoms with Crippen molar-refractivity contribution in [1.29, 1.82) is 5.26 Å². The lowest BCUT2D eigenvalue weighted by Crippen LogP contribution is -2.53. The third-order valence-electron chi connectivity index (χ3n) is 6.18. The molecule has 1 N–H and O–H groups in total. The molecule has 2 aliphatic rings. The molecule has 1 aliphatic carbocycles. The van der Waals surface area contributed by atoms with E-state index < -0.39 is 10.0 Å². The van der Waals surface area contributed by atoms with E-state index in [2.05, 4.69) is 19.2 Å². The second kappa shape index (κ2) is 8.26. The molecule has 0 radical (unpaired) electrons. The van der Waals surface area contributed by atoms with Crippen LogP contribution in [0.15, 0.2) is 39.6 Å². The molecule has 0 saturated carbocycles. The zero-order valence-corrected chi connectivity index (χ0v) is 19.4. The molecule has 1 aromatic heterocycles. The van der Waals surface area contributed by atoms with Crippen molar-refractivity contribution in [3.8, 4) is 6.07 Å². The van der Waals surface area contributed by atoms with Crippen molar-refractivity contribution in [2.24, 2.45) is 5.41 Å². The first kappa shape index (κ1) is 22.4. The van der Waals surface area contributed by atoms with Crippen LogP contribution >= 0.6 is 0 Å². The summed E-state index contributed by atoms with van der Waals surface area (Å²) in [5.41, 5.74) is 1.47. The molecular formula is C23H28N4O4S. The van der Waals surface area contributed by atoms with Gasteiger partial charge >= 0.3 is 6.03 Å². The number of nitrogens with zero attached hydrogens (tertiary/aromatic N) is 3. The number of amides is 2. The number of hydrogen-bond donors (Lipinski definition) is 1. The molecule has 2 amide bonds. The fraction of sp³-hybridized carbons (Fsp3) is 0.478. The molecule has 1 unspecified atom stereocenters. The maximum atomic E-state index is 13.0. The number of nitrogens with one attached hydrogen (secondary N) is 1. The monoisotopic (exact) mass is 456 g/mol. The van der Waals surface area contributed by atoms with Crippen LogP contribution in [0.2, 0.25) is 0 Å². The Balaban J connectivity index is 1.40. The van der Waals surface area contributed by atoms with E-state index in [1.165, 1.54) is 28.6 Å². The summed E-state index contributed by atoms with van der Waals surface area (Å²) in [5, 5.41) is 12.0. The summed E-state index contributed by atoms with van der Waals surface area (Å²) in [6, 6.07) is 9.55. The minimum atomic E-state index is -3.66. The molecule has 0 spiro atoms. The van der Waals surface area contributed by atoms with Crippen LogP contribution in [0.4, 0.5) is 4.79 Å². The number of carbonyl (C=O) groups is 1. The molecule has 0 bridgehead atoms. The van der Waals surface area contributed by atoms with E-state index in [1.54, 1.807) is 4.90 Å². The van der Waals surface area contributed by atoms with Crippen molar-refractivity contribution in [1.82, 2.24) is 14.5 Å². The molecule has 1 fully saturated rings. The fourth-order valence-electron chi connectivity index (χ4n) is 4.54. The van der Waals surface area contributed by atoms with E-state index >= 15 is 0 Å². The van der Waals surface area contributed by atoms with Gasteiger partial charge in [0.1, 0.15) is 11.5 Å². The number of benzene rings is 1. The van der Waals surface area contributed by atoms with E-state index in [-0.39, 0.29) is 35.5 Å². The van der Waals surface area contributed by atoms with Crippen LogP contribution < -0.4 is 5.32 Å². The minimum Gasteiger partial charge on any atom is -0.466 e. The topological polar surface area (TPSA) is 107 Å². The average molecular weight is 457 g/mol. The second-order valence-corrected chi connectivity index (χ2v) is 11.2. The third kappa shape index (κ3) is 4.38. The van der Waals surface area contributed by atoms with E-state index in [9.17, 15) is 13.2 Å². The molecule has 2 aromatic rings. The van der Waals surface area contributed by atoms with Crippen LogP contribution in [0, 0.1) is 23.7 Å². The number of rotatable bonds is 3. The largest absolute Gasteiger partial charge is 0.466 e. The SMILES string of the molecule is Cc1cc2c(o1)CC(C)(C)CC2NC(=O)N1CCN(S(=O)(=O)c2ccc(C#N)cc2)CC1. The number of urea groups is 1. The highest BCUT2D eigenvalue weighted by Crippen LogP contribution is 2.42. The Morgan fingerprint density at radius 1 is 1.19 bits per heavy atom. The standard InChI is InChI=1S/C23H28N4O4S/c1-16-12-19-20(13-23(2,3)14-21(19)31-16)25-22(28)26-8-10-27(11-9-26)32(29,30)18-6-4-17(15-24)5-7-18/h4-7,12,20H,8-11,13-14H2,1-3H3,(H,25,28). The Morgan fingerprint density at radius 2 is 1.84 bits per heavy atom. The fourth-order valence-corrected chi connectivity index (χ4v) is 5.96. The van der Waals surface area contributed by atoms with Crippen molar-refractivity contribution >= 4 is 16.1 Å². The second-order valence-electron chi connectivity index (χ2n) is 9.31. The highest BCUT2D eigenvalue weighted by Gasteiger charge is 2.37. The first-order valence-electron chi connectivity index (χ1n) is 10.7. The summed E-state index contributed by atoms with van der Waals surface area (Å²) in [4.78, 5) is 14.8. The Morgan fingerprint density at radius 3 is 2.47 bits per heavy atom. The lowest BCUT2D eigenvalue weighted by Gasteiger charge is -2.38. The van der Waals surface area contributed by atoms with Gasteiger partial charge in [0.2, 0.25) is 10.0 Å². The maximum Gasteiger partial charge on any atom is 0.317 e. The Hall–Kier alpha value is -2.83. The highest BCUT2D eigenvalue weighted by atomic mass is 32.2. The number of piperazine rings is 1. The van der Waals surface area contributed by atoms with Crippen molar-refractivity contribution in [3.63, 3.8) is 0 Å². The van der Waals surface area contributed by atoms with Crippen LogP contribution in [-0.2, 0) is 16.4 Å². The van der Waals surface area contributed by atoms with Gasteiger partial charge in [-0.2, -0.15) is 9.57 Å². The average Bonchev–Trinajstić information content (AvgIpc) is 3.12. The predicted molar refractivity (Wildman–Crippen MR) is 118 cm³/mol. The van der Waals surface area contributed by atoms with Crippen molar-refractivity contribution in [2.75, 3.05) is 26.2 Å². The molecule has 1 atom stereocenters. The zero-order valence-electron chi connectivity index (χ0n) is 18.6. The van der Waals surface area contributed by atoms with E-state index in [0.29, 0.717) is 18.7 Å². The molecule has 9 heteroatoms. The highest BCUT2D eigenvalue weighted by molar-refractivity contribution is 7.89. The van der Waals surface area contributed by atoms with Gasteiger partial charge in [0.05, 0.1) is 22.6 Å². The lowest BCUT2D eigenvalue weighted by molar-refractivity contribution is 0.161. The summed E-state index contributed by atoms with van der Waals surface area (Å²) in [5.74, 6) is 1.77.